The second-order valence-corrected chi connectivity index (χ2v) is 10.5. The van der Waals surface area contributed by atoms with Crippen molar-refractivity contribution in [3.8, 4) is 0 Å². The van der Waals surface area contributed by atoms with Gasteiger partial charge < -0.3 is 37.3 Å². The molecule has 12 heteroatoms. The molecule has 2 atom stereocenters. The van der Waals surface area contributed by atoms with Crippen LogP contribution in [0.2, 0.25) is 0 Å². The lowest BCUT2D eigenvalue weighted by Crippen LogP contribution is -2.68. The van der Waals surface area contributed by atoms with E-state index in [-0.39, 0.29) is 37.8 Å². The zero-order valence-corrected chi connectivity index (χ0v) is 22.7. The minimum atomic E-state index is -1.88. The number of amides is 1. The highest BCUT2D eigenvalue weighted by Crippen LogP contribution is 2.29. The first-order valence-corrected chi connectivity index (χ1v) is 13.7. The normalized spacial score (nSPS) is 15.3. The molecule has 3 rings (SSSR count). The molecule has 0 saturated heterocycles. The predicted octanol–water partition coefficient (Wildman–Crippen LogP) is 0.375. The summed E-state index contributed by atoms with van der Waals surface area (Å²) in [6.45, 7) is 0.232. The summed E-state index contributed by atoms with van der Waals surface area (Å²) in [5.41, 5.74) is 18.0. The Balaban J connectivity index is 1.97. The van der Waals surface area contributed by atoms with Gasteiger partial charge in [-0.15, -0.1) is 0 Å². The molecule has 1 unspecified atom stereocenters. The number of aliphatic imine (C=N–C) groups is 1. The number of nitrogens with one attached hydrogen (secondary N) is 1. The molecule has 0 aromatic heterocycles. The van der Waals surface area contributed by atoms with Gasteiger partial charge in [-0.1, -0.05) is 73.5 Å². The zero-order valence-electron chi connectivity index (χ0n) is 22.7. The minimum Gasteiger partial charge on any atom is -0.479 e. The number of hydrogen-bond acceptors (Lipinski definition) is 7. The number of carboxylic acids is 1. The average molecular weight is 552 g/mol. The summed E-state index contributed by atoms with van der Waals surface area (Å²) in [5.74, 6) is -2.95. The molecule has 2 aromatic carbocycles. The van der Waals surface area contributed by atoms with Crippen molar-refractivity contribution in [3.63, 3.8) is 0 Å². The molecular formula is C28H41BN6O5. The fourth-order valence-electron chi connectivity index (χ4n) is 5.38. The average Bonchev–Trinajstić information content (AvgIpc) is 3.44. The molecule has 1 amide bonds. The second-order valence-electron chi connectivity index (χ2n) is 10.5. The van der Waals surface area contributed by atoms with Gasteiger partial charge in [-0.2, -0.15) is 0 Å². The number of hydrogen-bond donors (Lipinski definition) is 7. The number of guanidine groups is 1. The summed E-state index contributed by atoms with van der Waals surface area (Å²) in [5, 5.41) is 33.3. The van der Waals surface area contributed by atoms with Crippen LogP contribution in [-0.2, 0) is 22.4 Å². The van der Waals surface area contributed by atoms with Gasteiger partial charge in [-0.05, 0) is 49.7 Å². The molecule has 0 aliphatic heterocycles. The fraction of sp³-hybridized carbons (Fsp3) is 0.464. The van der Waals surface area contributed by atoms with E-state index in [0.717, 1.165) is 24.0 Å². The minimum absolute atomic E-state index is 0.0911. The van der Waals surface area contributed by atoms with Crippen molar-refractivity contribution in [1.82, 2.24) is 10.2 Å². The molecule has 0 heterocycles. The molecule has 0 radical (unpaired) electrons. The SMILES string of the molecule is NC(N)=NCCC[C@H](NC(C(=O)O)N(C(=O)C(N)(Cc1ccccc1)Cc1ccccc1)C1CCCC1)B(O)O. The quantitative estimate of drug-likeness (QED) is 0.0536. The molecule has 2 aromatic rings. The van der Waals surface area contributed by atoms with E-state index in [0.29, 0.717) is 19.3 Å². The maximum absolute atomic E-state index is 14.5. The standard InChI is InChI=1S/C28H41BN6O5/c30-27(31)33-17-9-16-23(29(39)40)34-24(25(36)37)35(22-14-7-8-15-22)26(38)28(32,18-20-10-3-1-4-11-20)19-21-12-5-2-6-13-21/h1-6,10-13,22-24,34,39-40H,7-9,14-19,32H2,(H,36,37)(H4,30,31,33)/t23-,24?/m0/s1. The Morgan fingerprint density at radius 3 is 1.98 bits per heavy atom. The Hall–Kier alpha value is -3.45. The first-order valence-electron chi connectivity index (χ1n) is 13.7. The second kappa shape index (κ2) is 14.8. The van der Waals surface area contributed by atoms with Gasteiger partial charge in [0, 0.05) is 18.5 Å². The van der Waals surface area contributed by atoms with E-state index >= 15 is 0 Å². The summed E-state index contributed by atoms with van der Waals surface area (Å²) < 4.78 is 0. The monoisotopic (exact) mass is 552 g/mol. The highest BCUT2D eigenvalue weighted by molar-refractivity contribution is 6.43. The van der Waals surface area contributed by atoms with Gasteiger partial charge in [-0.3, -0.25) is 15.1 Å². The van der Waals surface area contributed by atoms with Gasteiger partial charge in [0.1, 0.15) is 5.54 Å². The number of benzene rings is 2. The number of nitrogens with zero attached hydrogens (tertiary/aromatic N) is 2. The van der Waals surface area contributed by atoms with Gasteiger partial charge in [0.2, 0.25) is 5.91 Å². The Bertz CT molecular complexity index is 1070. The lowest BCUT2D eigenvalue weighted by atomic mass is 9.76. The van der Waals surface area contributed by atoms with Crippen molar-refractivity contribution in [2.75, 3.05) is 6.54 Å². The number of aliphatic carboxylic acids is 1. The van der Waals surface area contributed by atoms with E-state index in [9.17, 15) is 24.7 Å². The molecule has 0 spiro atoms. The topological polar surface area (TPSA) is 201 Å². The molecule has 40 heavy (non-hydrogen) atoms. The summed E-state index contributed by atoms with van der Waals surface area (Å²) in [7, 11) is -1.88. The first-order chi connectivity index (χ1) is 19.1. The van der Waals surface area contributed by atoms with Crippen LogP contribution in [0.15, 0.2) is 65.7 Å². The molecule has 1 aliphatic carbocycles. The van der Waals surface area contributed by atoms with E-state index in [1.807, 2.05) is 60.7 Å². The molecule has 11 nitrogen and oxygen atoms in total. The van der Waals surface area contributed by atoms with E-state index in [2.05, 4.69) is 10.3 Å². The third-order valence-corrected chi connectivity index (χ3v) is 7.31. The van der Waals surface area contributed by atoms with Crippen LogP contribution in [0.25, 0.3) is 0 Å². The van der Waals surface area contributed by atoms with Crippen LogP contribution in [0.5, 0.6) is 0 Å². The third kappa shape index (κ3) is 8.78. The Labute approximate surface area is 235 Å². The summed E-state index contributed by atoms with van der Waals surface area (Å²) >= 11 is 0. The number of carboxylic acid groups (broad SMARTS) is 1. The Kier molecular flexibility index (Phi) is 11.5. The van der Waals surface area contributed by atoms with Crippen molar-refractivity contribution < 1.29 is 24.7 Å². The van der Waals surface area contributed by atoms with E-state index in [1.165, 1.54) is 4.90 Å². The highest BCUT2D eigenvalue weighted by atomic mass is 16.4. The molecule has 1 fully saturated rings. The van der Waals surface area contributed by atoms with Crippen LogP contribution in [0.3, 0.4) is 0 Å². The lowest BCUT2D eigenvalue weighted by Gasteiger charge is -2.42. The van der Waals surface area contributed by atoms with E-state index in [1.54, 1.807) is 0 Å². The number of nitrogens with two attached hydrogens (primary N) is 3. The van der Waals surface area contributed by atoms with Crippen molar-refractivity contribution in [2.45, 2.75) is 75.1 Å². The Morgan fingerprint density at radius 2 is 1.52 bits per heavy atom. The van der Waals surface area contributed by atoms with Crippen LogP contribution in [0.1, 0.15) is 49.7 Å². The number of carbonyl (C=O) groups excluding carboxylic acids is 1. The van der Waals surface area contributed by atoms with Crippen molar-refractivity contribution in [3.05, 3.63) is 71.8 Å². The van der Waals surface area contributed by atoms with Crippen LogP contribution in [-0.4, -0.2) is 75.2 Å². The van der Waals surface area contributed by atoms with E-state index < -0.39 is 36.6 Å². The first kappa shape index (κ1) is 31.1. The molecule has 0 bridgehead atoms. The molecule has 1 saturated carbocycles. The highest BCUT2D eigenvalue weighted by Gasteiger charge is 2.46. The van der Waals surface area contributed by atoms with Gasteiger partial charge in [0.05, 0.1) is 0 Å². The smallest absolute Gasteiger partial charge is 0.469 e. The Morgan fingerprint density at radius 1 is 1.00 bits per heavy atom. The van der Waals surface area contributed by atoms with E-state index in [4.69, 9.17) is 17.2 Å². The van der Waals surface area contributed by atoms with Crippen molar-refractivity contribution in [1.29, 1.82) is 0 Å². The molecule has 216 valence electrons. The van der Waals surface area contributed by atoms with Crippen molar-refractivity contribution in [2.24, 2.45) is 22.2 Å². The summed E-state index contributed by atoms with van der Waals surface area (Å²) in [4.78, 5) is 32.5. The third-order valence-electron chi connectivity index (χ3n) is 7.31. The maximum atomic E-state index is 14.5. The van der Waals surface area contributed by atoms with Gasteiger partial charge in [-0.25, -0.2) is 4.79 Å². The lowest BCUT2D eigenvalue weighted by molar-refractivity contribution is -0.157. The van der Waals surface area contributed by atoms with Crippen LogP contribution < -0.4 is 22.5 Å². The van der Waals surface area contributed by atoms with Crippen LogP contribution in [0, 0.1) is 0 Å². The van der Waals surface area contributed by atoms with Crippen LogP contribution in [0.4, 0.5) is 0 Å². The maximum Gasteiger partial charge on any atom is 0.469 e. The summed E-state index contributed by atoms with van der Waals surface area (Å²) in [6.07, 6.45) is 2.33. The fourth-order valence-corrected chi connectivity index (χ4v) is 5.38. The summed E-state index contributed by atoms with van der Waals surface area (Å²) in [6, 6.07) is 18.4. The largest absolute Gasteiger partial charge is 0.479 e. The number of rotatable bonds is 15. The van der Waals surface area contributed by atoms with Gasteiger partial charge in [0.25, 0.3) is 0 Å². The molecule has 10 N–H and O–H groups in total. The number of carbonyl (C=O) groups is 2. The van der Waals surface area contributed by atoms with Crippen molar-refractivity contribution >= 4 is 25.0 Å². The zero-order chi connectivity index (χ0) is 29.1. The van der Waals surface area contributed by atoms with Gasteiger partial charge in [0.15, 0.2) is 12.1 Å². The molecule has 1 aliphatic rings. The van der Waals surface area contributed by atoms with Gasteiger partial charge >= 0.3 is 13.1 Å². The molecular weight excluding hydrogens is 511 g/mol. The van der Waals surface area contributed by atoms with Crippen LogP contribution >= 0.6 is 0 Å². The predicted molar refractivity (Wildman–Crippen MR) is 155 cm³/mol.